The van der Waals surface area contributed by atoms with Gasteiger partial charge in [-0.1, -0.05) is 0 Å². The number of carbonyl (C=O) groups excluding carboxylic acids is 1. The van der Waals surface area contributed by atoms with Crippen LogP contribution in [-0.2, 0) is 6.42 Å². The number of benzene rings is 1. The third kappa shape index (κ3) is 2.48. The number of halogens is 1. The fourth-order valence-electron chi connectivity index (χ4n) is 3.25. The average Bonchev–Trinajstić information content (AvgIpc) is 2.61. The summed E-state index contributed by atoms with van der Waals surface area (Å²) in [4.78, 5) is 20.8. The monoisotopic (exact) mass is 327 g/mol. The van der Waals surface area contributed by atoms with E-state index in [0.717, 1.165) is 29.8 Å². The van der Waals surface area contributed by atoms with Crippen LogP contribution in [0.1, 0.15) is 22.5 Å². The van der Waals surface area contributed by atoms with Crippen LogP contribution in [-0.4, -0.2) is 37.6 Å². The molecular formula is C18H18FN3O2. The number of anilines is 2. The van der Waals surface area contributed by atoms with E-state index in [0.29, 0.717) is 31.1 Å². The van der Waals surface area contributed by atoms with Crippen LogP contribution in [0, 0.1) is 5.82 Å². The van der Waals surface area contributed by atoms with Crippen molar-refractivity contribution in [1.29, 1.82) is 0 Å². The number of aromatic nitrogens is 1. The summed E-state index contributed by atoms with van der Waals surface area (Å²) in [5, 5.41) is 0. The standard InChI is InChI=1S/C18H18FN3O2/c1-21-6-7-22(16-10-13(19)4-5-15(16)21)18(23)14-9-12-3-2-8-24-17(12)11-20-14/h4-5,9-11H,2-3,6-8H2,1H3. The van der Waals surface area contributed by atoms with Crippen LogP contribution >= 0.6 is 0 Å². The predicted octanol–water partition coefficient (Wildman–Crippen LogP) is 2.64. The molecule has 0 spiro atoms. The first-order chi connectivity index (χ1) is 11.6. The molecule has 1 amide bonds. The van der Waals surface area contributed by atoms with E-state index in [1.165, 1.54) is 12.1 Å². The van der Waals surface area contributed by atoms with Crippen molar-refractivity contribution in [2.75, 3.05) is 36.5 Å². The molecule has 3 heterocycles. The Labute approximate surface area is 139 Å². The van der Waals surface area contributed by atoms with E-state index in [-0.39, 0.29) is 11.7 Å². The number of ether oxygens (including phenoxy) is 1. The number of pyridine rings is 1. The molecule has 24 heavy (non-hydrogen) atoms. The van der Waals surface area contributed by atoms with E-state index in [4.69, 9.17) is 4.74 Å². The number of carbonyl (C=O) groups is 1. The number of nitrogens with zero attached hydrogens (tertiary/aromatic N) is 3. The summed E-state index contributed by atoms with van der Waals surface area (Å²) >= 11 is 0. The van der Waals surface area contributed by atoms with Gasteiger partial charge < -0.3 is 14.5 Å². The van der Waals surface area contributed by atoms with E-state index in [9.17, 15) is 9.18 Å². The first-order valence-electron chi connectivity index (χ1n) is 8.08. The molecule has 2 aliphatic rings. The summed E-state index contributed by atoms with van der Waals surface area (Å²) in [5.41, 5.74) is 2.81. The van der Waals surface area contributed by atoms with Crippen LogP contribution in [0.4, 0.5) is 15.8 Å². The van der Waals surface area contributed by atoms with Gasteiger partial charge in [-0.3, -0.25) is 4.79 Å². The number of hydrogen-bond acceptors (Lipinski definition) is 4. The zero-order chi connectivity index (χ0) is 16.7. The summed E-state index contributed by atoms with van der Waals surface area (Å²) in [5.74, 6) is 0.194. The van der Waals surface area contributed by atoms with Gasteiger partial charge >= 0.3 is 0 Å². The molecule has 1 aromatic heterocycles. The molecule has 0 saturated heterocycles. The van der Waals surface area contributed by atoms with E-state index >= 15 is 0 Å². The van der Waals surface area contributed by atoms with Crippen molar-refractivity contribution in [1.82, 2.24) is 4.98 Å². The number of rotatable bonds is 1. The quantitative estimate of drug-likeness (QED) is 0.808. The fourth-order valence-corrected chi connectivity index (χ4v) is 3.25. The Morgan fingerprint density at radius 3 is 3.00 bits per heavy atom. The van der Waals surface area contributed by atoms with Gasteiger partial charge in [-0.15, -0.1) is 0 Å². The van der Waals surface area contributed by atoms with Crippen LogP contribution in [0.5, 0.6) is 5.75 Å². The zero-order valence-electron chi connectivity index (χ0n) is 13.5. The predicted molar refractivity (Wildman–Crippen MR) is 89.4 cm³/mol. The summed E-state index contributed by atoms with van der Waals surface area (Å²) < 4.78 is 19.2. The van der Waals surface area contributed by atoms with Crippen molar-refractivity contribution in [2.24, 2.45) is 0 Å². The lowest BCUT2D eigenvalue weighted by Gasteiger charge is -2.35. The minimum atomic E-state index is -0.353. The lowest BCUT2D eigenvalue weighted by atomic mass is 10.1. The Bertz CT molecular complexity index is 809. The van der Waals surface area contributed by atoms with Crippen molar-refractivity contribution < 1.29 is 13.9 Å². The zero-order valence-corrected chi connectivity index (χ0v) is 13.5. The van der Waals surface area contributed by atoms with Gasteiger partial charge in [-0.2, -0.15) is 0 Å². The highest BCUT2D eigenvalue weighted by Crippen LogP contribution is 2.34. The number of likely N-dealkylation sites (N-methyl/N-ethyl adjacent to an activating group) is 1. The second kappa shape index (κ2) is 5.78. The Hall–Kier alpha value is -2.63. The molecule has 124 valence electrons. The molecule has 0 unspecified atom stereocenters. The highest BCUT2D eigenvalue weighted by Gasteiger charge is 2.28. The Kier molecular flexibility index (Phi) is 3.59. The van der Waals surface area contributed by atoms with Gasteiger partial charge in [0.2, 0.25) is 0 Å². The van der Waals surface area contributed by atoms with Gasteiger partial charge in [-0.25, -0.2) is 9.37 Å². The molecule has 0 atom stereocenters. The van der Waals surface area contributed by atoms with Gasteiger partial charge in [-0.05, 0) is 42.7 Å². The summed E-state index contributed by atoms with van der Waals surface area (Å²) in [6.07, 6.45) is 3.43. The van der Waals surface area contributed by atoms with Crippen LogP contribution in [0.25, 0.3) is 0 Å². The largest absolute Gasteiger partial charge is 0.492 e. The molecule has 0 fully saturated rings. The molecule has 4 rings (SSSR count). The van der Waals surface area contributed by atoms with Crippen molar-refractivity contribution in [3.05, 3.63) is 47.5 Å². The van der Waals surface area contributed by atoms with Gasteiger partial charge in [0, 0.05) is 20.1 Å². The number of fused-ring (bicyclic) bond motifs is 2. The summed E-state index contributed by atoms with van der Waals surface area (Å²) in [7, 11) is 1.94. The molecule has 2 aliphatic heterocycles. The molecular weight excluding hydrogens is 309 g/mol. The maximum absolute atomic E-state index is 13.7. The highest BCUT2D eigenvalue weighted by molar-refractivity contribution is 6.07. The van der Waals surface area contributed by atoms with Crippen LogP contribution in [0.2, 0.25) is 0 Å². The lowest BCUT2D eigenvalue weighted by molar-refractivity contribution is 0.0981. The Morgan fingerprint density at radius 2 is 2.12 bits per heavy atom. The normalized spacial score (nSPS) is 16.2. The maximum atomic E-state index is 13.7. The van der Waals surface area contributed by atoms with Gasteiger partial charge in [0.1, 0.15) is 17.3 Å². The molecule has 0 saturated carbocycles. The third-order valence-electron chi connectivity index (χ3n) is 4.56. The lowest BCUT2D eigenvalue weighted by Crippen LogP contribution is -2.43. The second-order valence-electron chi connectivity index (χ2n) is 6.14. The maximum Gasteiger partial charge on any atom is 0.277 e. The Balaban J connectivity index is 1.70. The number of hydrogen-bond donors (Lipinski definition) is 0. The number of aryl methyl sites for hydroxylation is 1. The average molecular weight is 327 g/mol. The smallest absolute Gasteiger partial charge is 0.277 e. The molecule has 0 N–H and O–H groups in total. The SMILES string of the molecule is CN1CCN(C(=O)c2cc3c(cn2)OCCC3)c2cc(F)ccc21. The second-order valence-corrected chi connectivity index (χ2v) is 6.14. The van der Waals surface area contributed by atoms with Crippen LogP contribution in [0.15, 0.2) is 30.5 Å². The molecule has 5 nitrogen and oxygen atoms in total. The van der Waals surface area contributed by atoms with Crippen LogP contribution in [0.3, 0.4) is 0 Å². The highest BCUT2D eigenvalue weighted by atomic mass is 19.1. The molecule has 2 aromatic rings. The van der Waals surface area contributed by atoms with Crippen molar-refractivity contribution in [2.45, 2.75) is 12.8 Å². The first-order valence-corrected chi connectivity index (χ1v) is 8.08. The molecule has 6 heteroatoms. The van der Waals surface area contributed by atoms with Gasteiger partial charge in [0.25, 0.3) is 5.91 Å². The topological polar surface area (TPSA) is 45.7 Å². The minimum absolute atomic E-state index is 0.205. The molecule has 0 bridgehead atoms. The van der Waals surface area contributed by atoms with Crippen molar-refractivity contribution >= 4 is 17.3 Å². The van der Waals surface area contributed by atoms with Crippen molar-refractivity contribution in [3.63, 3.8) is 0 Å². The van der Waals surface area contributed by atoms with E-state index in [2.05, 4.69) is 4.98 Å². The summed E-state index contributed by atoms with van der Waals surface area (Å²) in [6, 6.07) is 6.33. The minimum Gasteiger partial charge on any atom is -0.492 e. The van der Waals surface area contributed by atoms with Crippen LogP contribution < -0.4 is 14.5 Å². The number of amides is 1. The van der Waals surface area contributed by atoms with E-state index in [1.54, 1.807) is 23.2 Å². The van der Waals surface area contributed by atoms with Gasteiger partial charge in [0.15, 0.2) is 0 Å². The molecule has 0 radical (unpaired) electrons. The molecule has 1 aromatic carbocycles. The van der Waals surface area contributed by atoms with E-state index in [1.807, 2.05) is 11.9 Å². The first kappa shape index (κ1) is 14.9. The van der Waals surface area contributed by atoms with Gasteiger partial charge in [0.05, 0.1) is 24.2 Å². The third-order valence-corrected chi connectivity index (χ3v) is 4.56. The fraction of sp³-hybridized carbons (Fsp3) is 0.333. The van der Waals surface area contributed by atoms with Crippen molar-refractivity contribution in [3.8, 4) is 5.75 Å². The van der Waals surface area contributed by atoms with E-state index < -0.39 is 0 Å². The molecule has 0 aliphatic carbocycles. The Morgan fingerprint density at radius 1 is 1.25 bits per heavy atom. The summed E-state index contributed by atoms with van der Waals surface area (Å²) in [6.45, 7) is 1.88.